The molecule has 0 aromatic heterocycles. The topological polar surface area (TPSA) is 293 Å². The minimum absolute atomic E-state index is 0. The zero-order valence-electron chi connectivity index (χ0n) is 7.09. The van der Waals surface area contributed by atoms with Crippen molar-refractivity contribution in [2.75, 3.05) is 0 Å². The molecule has 96 valence electrons. The molecule has 0 aliphatic carbocycles. The second-order valence-corrected chi connectivity index (χ2v) is 0.671. The summed E-state index contributed by atoms with van der Waals surface area (Å²) in [6.45, 7) is 0. The molecule has 16 heteroatoms. The Bertz CT molecular complexity index is 114. The zero-order valence-corrected chi connectivity index (χ0v) is 9.52. The summed E-state index contributed by atoms with van der Waals surface area (Å²) in [6, 6.07) is 0. The minimum atomic E-state index is -1.75. The monoisotopic (exact) mass is 309 g/mol. The number of nitrogens with zero attached hydrogens (tertiary/aromatic N) is 3. The minimum Gasteiger partial charge on any atom is -0.412 e. The standard InChI is InChI=1S/Ga.3NO3.3H2O/c;3*2-1(3)4;;;/h;;;;3*1H2/q+3;3*-1;;;. The van der Waals surface area contributed by atoms with Crippen molar-refractivity contribution in [2.45, 2.75) is 0 Å². The molecule has 0 atom stereocenters. The first-order chi connectivity index (χ1) is 5.20. The Kier molecular flexibility index (Phi) is 114. The average molecular weight is 310 g/mol. The van der Waals surface area contributed by atoms with Crippen molar-refractivity contribution in [1.82, 2.24) is 0 Å². The van der Waals surface area contributed by atoms with Crippen molar-refractivity contribution in [2.24, 2.45) is 0 Å². The Morgan fingerprint density at radius 3 is 0.500 bits per heavy atom. The van der Waals surface area contributed by atoms with Gasteiger partial charge in [0.2, 0.25) is 0 Å². The van der Waals surface area contributed by atoms with E-state index in [0.717, 1.165) is 0 Å². The first-order valence-electron chi connectivity index (χ1n) is 1.64. The molecule has 0 aromatic rings. The number of rotatable bonds is 0. The van der Waals surface area contributed by atoms with E-state index in [1.165, 1.54) is 0 Å². The Labute approximate surface area is 98.2 Å². The van der Waals surface area contributed by atoms with E-state index in [1.54, 1.807) is 0 Å². The van der Waals surface area contributed by atoms with E-state index in [4.69, 9.17) is 46.0 Å². The molecule has 0 heterocycles. The van der Waals surface area contributed by atoms with Gasteiger partial charge >= 0.3 is 19.8 Å². The molecule has 0 unspecified atom stereocenters. The fourth-order valence-electron chi connectivity index (χ4n) is 0. The second kappa shape index (κ2) is 38.0. The fourth-order valence-corrected chi connectivity index (χ4v) is 0. The maximum absolute atomic E-state index is 8.25. The zero-order chi connectivity index (χ0) is 10.7. The van der Waals surface area contributed by atoms with Crippen LogP contribution in [0.3, 0.4) is 0 Å². The third kappa shape index (κ3) is 422. The third-order valence-electron chi connectivity index (χ3n) is 0. The van der Waals surface area contributed by atoms with Crippen LogP contribution >= 0.6 is 0 Å². The van der Waals surface area contributed by atoms with E-state index in [2.05, 4.69) is 0 Å². The van der Waals surface area contributed by atoms with Crippen molar-refractivity contribution in [3.63, 3.8) is 0 Å². The molecular formula is H6GaN3O12. The van der Waals surface area contributed by atoms with Gasteiger partial charge in [-0.05, 0) is 0 Å². The Balaban J connectivity index is -0.0000000135. The summed E-state index contributed by atoms with van der Waals surface area (Å²) >= 11 is 0. The van der Waals surface area contributed by atoms with Crippen molar-refractivity contribution in [3.05, 3.63) is 46.0 Å². The second-order valence-electron chi connectivity index (χ2n) is 0.671. The van der Waals surface area contributed by atoms with E-state index in [-0.39, 0.29) is 36.2 Å². The van der Waals surface area contributed by atoms with Crippen LogP contribution in [0.25, 0.3) is 0 Å². The molecule has 0 spiro atoms. The first-order valence-corrected chi connectivity index (χ1v) is 1.64. The third-order valence-corrected chi connectivity index (χ3v) is 0. The largest absolute Gasteiger partial charge is 3.00 e. The van der Waals surface area contributed by atoms with Gasteiger partial charge in [-0.3, -0.25) is 0 Å². The van der Waals surface area contributed by atoms with Crippen LogP contribution in [0, 0.1) is 46.0 Å². The van der Waals surface area contributed by atoms with Gasteiger partial charge in [-0.2, -0.15) is 0 Å². The smallest absolute Gasteiger partial charge is 0.412 e. The molecule has 0 radical (unpaired) electrons. The van der Waals surface area contributed by atoms with Gasteiger partial charge in [-0.1, -0.05) is 0 Å². The molecule has 0 aliphatic heterocycles. The van der Waals surface area contributed by atoms with Crippen molar-refractivity contribution >= 4 is 19.8 Å². The number of hydrogen-bond donors (Lipinski definition) is 0. The fraction of sp³-hybridized carbons (Fsp3) is 0. The summed E-state index contributed by atoms with van der Waals surface area (Å²) in [6.07, 6.45) is 0. The Morgan fingerprint density at radius 1 is 0.500 bits per heavy atom. The summed E-state index contributed by atoms with van der Waals surface area (Å²) in [5, 5.41) is 44.2. The van der Waals surface area contributed by atoms with Gasteiger partial charge < -0.3 is 62.4 Å². The van der Waals surface area contributed by atoms with E-state index in [9.17, 15) is 0 Å². The van der Waals surface area contributed by atoms with Crippen molar-refractivity contribution < 1.29 is 31.7 Å². The summed E-state index contributed by atoms with van der Waals surface area (Å²) in [5.41, 5.74) is 0. The van der Waals surface area contributed by atoms with Crippen LogP contribution in [0.15, 0.2) is 0 Å². The molecular weight excluding hydrogens is 304 g/mol. The maximum Gasteiger partial charge on any atom is 3.00 e. The normalized spacial score (nSPS) is 4.50. The molecule has 0 saturated carbocycles. The summed E-state index contributed by atoms with van der Waals surface area (Å²) in [7, 11) is 0. The van der Waals surface area contributed by atoms with Gasteiger partial charge in [0.05, 0.1) is 15.3 Å². The molecule has 15 nitrogen and oxygen atoms in total. The van der Waals surface area contributed by atoms with E-state index in [1.807, 2.05) is 0 Å². The quantitative estimate of drug-likeness (QED) is 0.242. The predicted octanol–water partition coefficient (Wildman–Crippen LogP) is -3.57. The summed E-state index contributed by atoms with van der Waals surface area (Å²) < 4.78 is 0. The molecule has 0 fully saturated rings. The molecule has 0 bridgehead atoms. The first kappa shape index (κ1) is 48.0. The van der Waals surface area contributed by atoms with Crippen LogP contribution in [-0.4, -0.2) is 51.5 Å². The van der Waals surface area contributed by atoms with E-state index < -0.39 is 15.3 Å². The summed E-state index contributed by atoms with van der Waals surface area (Å²) in [5.74, 6) is 0. The maximum atomic E-state index is 8.25. The van der Waals surface area contributed by atoms with Gasteiger partial charge in [0.1, 0.15) is 0 Å². The predicted molar refractivity (Wildman–Crippen MR) is 47.7 cm³/mol. The van der Waals surface area contributed by atoms with Crippen LogP contribution in [0.5, 0.6) is 0 Å². The molecule has 6 N–H and O–H groups in total. The molecule has 0 rings (SSSR count). The Morgan fingerprint density at radius 2 is 0.500 bits per heavy atom. The van der Waals surface area contributed by atoms with Gasteiger partial charge in [-0.25, -0.2) is 0 Å². The molecule has 0 aromatic carbocycles. The van der Waals surface area contributed by atoms with Crippen molar-refractivity contribution in [3.8, 4) is 0 Å². The van der Waals surface area contributed by atoms with Crippen LogP contribution < -0.4 is 0 Å². The molecule has 0 amide bonds. The van der Waals surface area contributed by atoms with Gasteiger partial charge in [-0.15, -0.1) is 0 Å². The average Bonchev–Trinajstić information content (AvgIpc) is 1.54. The molecule has 0 aliphatic rings. The molecule has 0 saturated heterocycles. The van der Waals surface area contributed by atoms with Gasteiger partial charge in [0.15, 0.2) is 0 Å². The van der Waals surface area contributed by atoms with Crippen LogP contribution in [-0.2, 0) is 0 Å². The number of hydrogen-bond acceptors (Lipinski definition) is 9. The van der Waals surface area contributed by atoms with Crippen LogP contribution in [0.2, 0.25) is 0 Å². The van der Waals surface area contributed by atoms with Crippen molar-refractivity contribution in [1.29, 1.82) is 0 Å². The SMILES string of the molecule is O.O.O.O=[N+]([O-])[O-].O=[N+]([O-])[O-].O=[N+]([O-])[O-].[Ga+3]. The van der Waals surface area contributed by atoms with Gasteiger partial charge in [0, 0.05) is 0 Å². The van der Waals surface area contributed by atoms with Crippen LogP contribution in [0.4, 0.5) is 0 Å². The van der Waals surface area contributed by atoms with Crippen LogP contribution in [0.1, 0.15) is 0 Å². The molecule has 16 heavy (non-hydrogen) atoms. The van der Waals surface area contributed by atoms with Gasteiger partial charge in [0.25, 0.3) is 0 Å². The Hall–Kier alpha value is -1.88. The van der Waals surface area contributed by atoms with E-state index >= 15 is 0 Å². The van der Waals surface area contributed by atoms with E-state index in [0.29, 0.717) is 0 Å². The summed E-state index contributed by atoms with van der Waals surface area (Å²) in [4.78, 5) is 24.8.